The molecule has 0 atom stereocenters. The number of aryl methyl sites for hydroxylation is 3. The standard InChI is InChI=1S/C18H25N5OS.CH2O2/c1-14-15(2)25-17(21-14)4-3-7-20-18(24)23-12-10-22(11-13-23)16-5-8-19-9-6-16;2-1-3/h5-6,8-9H,3-4,7,10-13H2,1-2H3,(H,20,24);1H,(H,2,3). The van der Waals surface area contributed by atoms with Gasteiger partial charge in [-0.05, 0) is 32.4 Å². The summed E-state index contributed by atoms with van der Waals surface area (Å²) in [4.78, 5) is 34.7. The minimum atomic E-state index is -0.250. The van der Waals surface area contributed by atoms with Gasteiger partial charge in [-0.25, -0.2) is 9.78 Å². The third-order valence-corrected chi connectivity index (χ3v) is 5.64. The molecule has 0 bridgehead atoms. The molecule has 9 heteroatoms. The quantitative estimate of drug-likeness (QED) is 0.585. The maximum atomic E-state index is 12.3. The monoisotopic (exact) mass is 405 g/mol. The number of rotatable bonds is 5. The molecular weight excluding hydrogens is 378 g/mol. The molecule has 28 heavy (non-hydrogen) atoms. The summed E-state index contributed by atoms with van der Waals surface area (Å²) in [6.45, 7) is 7.80. The van der Waals surface area contributed by atoms with Gasteiger partial charge in [0.15, 0.2) is 0 Å². The van der Waals surface area contributed by atoms with Crippen molar-refractivity contribution in [1.29, 1.82) is 0 Å². The second kappa shape index (κ2) is 11.2. The van der Waals surface area contributed by atoms with Gasteiger partial charge in [-0.15, -0.1) is 11.3 Å². The van der Waals surface area contributed by atoms with E-state index in [2.05, 4.69) is 27.1 Å². The number of carbonyl (C=O) groups is 2. The molecule has 8 nitrogen and oxygen atoms in total. The van der Waals surface area contributed by atoms with Crippen molar-refractivity contribution < 1.29 is 14.7 Å². The van der Waals surface area contributed by atoms with Crippen LogP contribution >= 0.6 is 11.3 Å². The van der Waals surface area contributed by atoms with Crippen LogP contribution in [0.25, 0.3) is 0 Å². The van der Waals surface area contributed by atoms with Gasteiger partial charge < -0.3 is 20.2 Å². The normalized spacial score (nSPS) is 13.5. The second-order valence-electron chi connectivity index (χ2n) is 6.37. The van der Waals surface area contributed by atoms with E-state index in [1.165, 1.54) is 10.6 Å². The molecule has 0 aromatic carbocycles. The number of anilines is 1. The number of aromatic nitrogens is 2. The first-order valence-corrected chi connectivity index (χ1v) is 10.0. The highest BCUT2D eigenvalue weighted by atomic mass is 32.1. The van der Waals surface area contributed by atoms with Crippen LogP contribution in [0.2, 0.25) is 0 Å². The highest BCUT2D eigenvalue weighted by Gasteiger charge is 2.20. The number of hydrogen-bond donors (Lipinski definition) is 2. The summed E-state index contributed by atoms with van der Waals surface area (Å²) in [5.74, 6) is 0. The molecule has 1 aliphatic heterocycles. The van der Waals surface area contributed by atoms with Crippen LogP contribution in [0, 0.1) is 13.8 Å². The lowest BCUT2D eigenvalue weighted by atomic mass is 10.2. The molecule has 1 aliphatic rings. The number of nitrogens with zero attached hydrogens (tertiary/aromatic N) is 4. The fraction of sp³-hybridized carbons (Fsp3) is 0.474. The molecule has 152 valence electrons. The van der Waals surface area contributed by atoms with Gasteiger partial charge in [0.2, 0.25) is 0 Å². The zero-order valence-corrected chi connectivity index (χ0v) is 17.1. The molecule has 0 saturated carbocycles. The van der Waals surface area contributed by atoms with Crippen LogP contribution in [-0.2, 0) is 11.2 Å². The topological polar surface area (TPSA) is 98.7 Å². The van der Waals surface area contributed by atoms with Crippen LogP contribution in [0.5, 0.6) is 0 Å². The molecule has 0 unspecified atom stereocenters. The molecule has 0 radical (unpaired) electrons. The Balaban J connectivity index is 0.000000878. The second-order valence-corrected chi connectivity index (χ2v) is 7.66. The van der Waals surface area contributed by atoms with E-state index < -0.39 is 0 Å². The lowest BCUT2D eigenvalue weighted by molar-refractivity contribution is -0.122. The summed E-state index contributed by atoms with van der Waals surface area (Å²) in [5, 5.41) is 11.1. The number of carbonyl (C=O) groups excluding carboxylic acids is 1. The number of piperazine rings is 1. The van der Waals surface area contributed by atoms with E-state index in [-0.39, 0.29) is 12.5 Å². The van der Waals surface area contributed by atoms with Crippen molar-refractivity contribution in [1.82, 2.24) is 20.2 Å². The van der Waals surface area contributed by atoms with Gasteiger partial charge in [-0.1, -0.05) is 0 Å². The molecule has 0 aliphatic carbocycles. The van der Waals surface area contributed by atoms with E-state index in [1.807, 2.05) is 24.0 Å². The van der Waals surface area contributed by atoms with Gasteiger partial charge in [0.1, 0.15) is 0 Å². The van der Waals surface area contributed by atoms with Crippen LogP contribution in [0.15, 0.2) is 24.5 Å². The predicted octanol–water partition coefficient (Wildman–Crippen LogP) is 2.32. The average Bonchev–Trinajstić information content (AvgIpc) is 3.04. The Morgan fingerprint density at radius 1 is 1.25 bits per heavy atom. The first-order valence-electron chi connectivity index (χ1n) is 9.23. The van der Waals surface area contributed by atoms with Crippen molar-refractivity contribution >= 4 is 29.5 Å². The highest BCUT2D eigenvalue weighted by Crippen LogP contribution is 2.17. The Kier molecular flexibility index (Phi) is 8.67. The molecule has 0 spiro atoms. The molecule has 2 N–H and O–H groups in total. The van der Waals surface area contributed by atoms with E-state index in [9.17, 15) is 4.79 Å². The minimum Gasteiger partial charge on any atom is -0.483 e. The number of hydrogen-bond acceptors (Lipinski definition) is 6. The maximum absolute atomic E-state index is 12.3. The van der Waals surface area contributed by atoms with Gasteiger partial charge in [0.05, 0.1) is 10.7 Å². The van der Waals surface area contributed by atoms with Crippen molar-refractivity contribution in [3.63, 3.8) is 0 Å². The van der Waals surface area contributed by atoms with Crippen LogP contribution in [0.4, 0.5) is 10.5 Å². The Morgan fingerprint density at radius 2 is 1.89 bits per heavy atom. The number of pyridine rings is 1. The van der Waals surface area contributed by atoms with Gasteiger partial charge in [-0.2, -0.15) is 0 Å². The summed E-state index contributed by atoms with van der Waals surface area (Å²) >= 11 is 1.76. The fourth-order valence-electron chi connectivity index (χ4n) is 2.92. The van der Waals surface area contributed by atoms with Crippen molar-refractivity contribution in [3.05, 3.63) is 40.1 Å². The third kappa shape index (κ3) is 6.49. The zero-order valence-electron chi connectivity index (χ0n) is 16.3. The Bertz CT molecular complexity index is 726. The fourth-order valence-corrected chi connectivity index (χ4v) is 3.89. The van der Waals surface area contributed by atoms with E-state index in [4.69, 9.17) is 9.90 Å². The van der Waals surface area contributed by atoms with Crippen LogP contribution < -0.4 is 10.2 Å². The van der Waals surface area contributed by atoms with Crippen LogP contribution in [0.3, 0.4) is 0 Å². The summed E-state index contributed by atoms with van der Waals surface area (Å²) in [7, 11) is 0. The number of amides is 2. The number of nitrogens with one attached hydrogen (secondary N) is 1. The predicted molar refractivity (Wildman–Crippen MR) is 110 cm³/mol. The molecule has 2 aromatic heterocycles. The number of thiazole rings is 1. The molecule has 1 fully saturated rings. The van der Waals surface area contributed by atoms with E-state index >= 15 is 0 Å². The average molecular weight is 406 g/mol. The summed E-state index contributed by atoms with van der Waals surface area (Å²) in [5.41, 5.74) is 2.29. The Hall–Kier alpha value is -2.68. The Labute approximate surface area is 169 Å². The summed E-state index contributed by atoms with van der Waals surface area (Å²) < 4.78 is 0. The number of urea groups is 1. The van der Waals surface area contributed by atoms with E-state index in [0.29, 0.717) is 6.54 Å². The summed E-state index contributed by atoms with van der Waals surface area (Å²) in [6.07, 6.45) is 5.46. The largest absolute Gasteiger partial charge is 0.483 e. The van der Waals surface area contributed by atoms with Gasteiger partial charge in [0.25, 0.3) is 6.47 Å². The maximum Gasteiger partial charge on any atom is 0.317 e. The number of carboxylic acid groups (broad SMARTS) is 1. The van der Waals surface area contributed by atoms with Crippen LogP contribution in [0.1, 0.15) is 22.0 Å². The van der Waals surface area contributed by atoms with Crippen LogP contribution in [-0.4, -0.2) is 65.2 Å². The van der Waals surface area contributed by atoms with Gasteiger partial charge in [-0.3, -0.25) is 9.78 Å². The van der Waals surface area contributed by atoms with E-state index in [0.717, 1.165) is 49.7 Å². The first kappa shape index (κ1) is 21.6. The Morgan fingerprint density at radius 3 is 2.46 bits per heavy atom. The van der Waals surface area contributed by atoms with Crippen molar-refractivity contribution in [2.24, 2.45) is 0 Å². The SMILES string of the molecule is Cc1nc(CCCNC(=O)N2CCN(c3ccncc3)CC2)sc1C.O=CO. The van der Waals surface area contributed by atoms with Crippen molar-refractivity contribution in [2.75, 3.05) is 37.6 Å². The molecule has 3 rings (SSSR count). The van der Waals surface area contributed by atoms with E-state index in [1.54, 1.807) is 23.7 Å². The summed E-state index contributed by atoms with van der Waals surface area (Å²) in [6, 6.07) is 4.07. The highest BCUT2D eigenvalue weighted by molar-refractivity contribution is 7.11. The minimum absolute atomic E-state index is 0.0425. The molecule has 1 saturated heterocycles. The smallest absolute Gasteiger partial charge is 0.317 e. The lowest BCUT2D eigenvalue weighted by Gasteiger charge is -2.36. The molecular formula is C19H27N5O3S. The first-order chi connectivity index (χ1) is 13.5. The molecule has 2 amide bonds. The third-order valence-electron chi connectivity index (χ3n) is 4.51. The lowest BCUT2D eigenvalue weighted by Crippen LogP contribution is -2.52. The van der Waals surface area contributed by atoms with Gasteiger partial charge in [0, 0.05) is 62.1 Å². The molecule has 3 heterocycles. The molecule has 2 aromatic rings. The van der Waals surface area contributed by atoms with Gasteiger partial charge >= 0.3 is 6.03 Å². The van der Waals surface area contributed by atoms with Crippen molar-refractivity contribution in [3.8, 4) is 0 Å². The zero-order chi connectivity index (χ0) is 20.4. The van der Waals surface area contributed by atoms with Crippen molar-refractivity contribution in [2.45, 2.75) is 26.7 Å².